The predicted octanol–water partition coefficient (Wildman–Crippen LogP) is 5.95. The number of benzene rings is 1. The predicted molar refractivity (Wildman–Crippen MR) is 149 cm³/mol. The Morgan fingerprint density at radius 1 is 1.12 bits per heavy atom. The van der Waals surface area contributed by atoms with E-state index in [9.17, 15) is 18.0 Å². The van der Waals surface area contributed by atoms with Crippen LogP contribution in [0.4, 0.5) is 13.2 Å². The first-order chi connectivity index (χ1) is 19.6. The van der Waals surface area contributed by atoms with Crippen LogP contribution in [0.15, 0.2) is 78.5 Å². The number of aromatic amines is 1. The van der Waals surface area contributed by atoms with Crippen molar-refractivity contribution in [2.75, 3.05) is 6.54 Å². The number of carbonyl (C=O) groups excluding carboxylic acids is 1. The van der Waals surface area contributed by atoms with Crippen molar-refractivity contribution in [3.05, 3.63) is 89.9 Å². The van der Waals surface area contributed by atoms with Crippen molar-refractivity contribution in [1.82, 2.24) is 35.5 Å². The van der Waals surface area contributed by atoms with Crippen LogP contribution in [-0.4, -0.2) is 49.0 Å². The summed E-state index contributed by atoms with van der Waals surface area (Å²) in [6.07, 6.45) is 4.93. The Hall–Kier alpha value is -4.74. The number of alkyl halides is 3. The summed E-state index contributed by atoms with van der Waals surface area (Å²) in [5.41, 5.74) is 4.95. The van der Waals surface area contributed by atoms with Gasteiger partial charge in [-0.15, -0.1) is 23.4 Å². The molecule has 0 spiro atoms. The molecule has 0 saturated carbocycles. The van der Waals surface area contributed by atoms with E-state index in [2.05, 4.69) is 42.1 Å². The van der Waals surface area contributed by atoms with Crippen molar-refractivity contribution < 1.29 is 22.7 Å². The Morgan fingerprint density at radius 2 is 1.90 bits per heavy atom. The fourth-order valence-electron chi connectivity index (χ4n) is 3.96. The van der Waals surface area contributed by atoms with Crippen LogP contribution in [0.25, 0.3) is 22.3 Å². The van der Waals surface area contributed by atoms with Gasteiger partial charge < -0.3 is 15.0 Å². The largest absolute Gasteiger partial charge is 0.573 e. The van der Waals surface area contributed by atoms with Gasteiger partial charge >= 0.3 is 6.36 Å². The minimum atomic E-state index is -4.73. The average molecular weight is 566 g/mol. The molecule has 4 aromatic rings. The fourth-order valence-corrected chi connectivity index (χ4v) is 3.96. The number of hydrogen-bond donors (Lipinski definition) is 2. The van der Waals surface area contributed by atoms with Crippen molar-refractivity contribution >= 4 is 16.9 Å². The van der Waals surface area contributed by atoms with Crippen molar-refractivity contribution in [2.45, 2.75) is 46.0 Å². The summed E-state index contributed by atoms with van der Waals surface area (Å²) in [6, 6.07) is 9.43. The fraction of sp³-hybridized carbons (Fsp3) is 0.276. The molecule has 0 fully saturated rings. The molecule has 2 N–H and O–H groups in total. The summed E-state index contributed by atoms with van der Waals surface area (Å²) < 4.78 is 42.8. The maximum atomic E-state index is 12.4. The molecule has 0 saturated heterocycles. The highest BCUT2D eigenvalue weighted by Crippen LogP contribution is 2.28. The Labute approximate surface area is 234 Å². The second-order valence-corrected chi connectivity index (χ2v) is 9.44. The lowest BCUT2D eigenvalue weighted by Gasteiger charge is -2.08. The molecule has 1 amide bonds. The minimum absolute atomic E-state index is 0.256. The van der Waals surface area contributed by atoms with Gasteiger partial charge in [0, 0.05) is 24.2 Å². The molecular weight excluding hydrogens is 535 g/mol. The molecule has 0 atom stereocenters. The van der Waals surface area contributed by atoms with Crippen LogP contribution in [0.3, 0.4) is 0 Å². The van der Waals surface area contributed by atoms with Gasteiger partial charge in [0.1, 0.15) is 5.75 Å². The molecule has 41 heavy (non-hydrogen) atoms. The average Bonchev–Trinajstić information content (AvgIpc) is 3.57. The van der Waals surface area contributed by atoms with Crippen LogP contribution < -0.4 is 10.1 Å². The number of carbonyl (C=O) groups is 1. The van der Waals surface area contributed by atoms with E-state index in [1.54, 1.807) is 23.0 Å². The van der Waals surface area contributed by atoms with Crippen molar-refractivity contribution in [3.63, 3.8) is 0 Å². The Bertz CT molecular complexity index is 1570. The van der Waals surface area contributed by atoms with Crippen LogP contribution in [0.1, 0.15) is 42.9 Å². The molecule has 0 bridgehead atoms. The highest BCUT2D eigenvalue weighted by Gasteiger charge is 2.31. The van der Waals surface area contributed by atoms with Gasteiger partial charge in [-0.2, -0.15) is 5.10 Å². The molecule has 0 aliphatic rings. The Kier molecular flexibility index (Phi) is 9.33. The first-order valence-electron chi connectivity index (χ1n) is 13.0. The van der Waals surface area contributed by atoms with Gasteiger partial charge in [0.2, 0.25) is 0 Å². The summed E-state index contributed by atoms with van der Waals surface area (Å²) in [4.78, 5) is 15.6. The van der Waals surface area contributed by atoms with E-state index < -0.39 is 6.36 Å². The van der Waals surface area contributed by atoms with E-state index in [0.29, 0.717) is 36.4 Å². The Balaban J connectivity index is 1.26. The van der Waals surface area contributed by atoms with E-state index in [1.165, 1.54) is 12.1 Å². The van der Waals surface area contributed by atoms with Crippen molar-refractivity contribution in [2.24, 2.45) is 0 Å². The number of ether oxygens (including phenoxy) is 1. The van der Waals surface area contributed by atoms with Crippen molar-refractivity contribution in [1.29, 1.82) is 0 Å². The molecule has 3 aromatic heterocycles. The lowest BCUT2D eigenvalue weighted by Crippen LogP contribution is -2.25. The van der Waals surface area contributed by atoms with Crippen LogP contribution in [0.5, 0.6) is 5.75 Å². The van der Waals surface area contributed by atoms with Crippen LogP contribution >= 0.6 is 0 Å². The zero-order valence-electron chi connectivity index (χ0n) is 22.7. The summed E-state index contributed by atoms with van der Waals surface area (Å²) in [5.74, 6) is -0.574. The number of nitrogens with zero attached hydrogens (tertiary/aromatic N) is 5. The van der Waals surface area contributed by atoms with E-state index in [-0.39, 0.29) is 17.4 Å². The van der Waals surface area contributed by atoms with Gasteiger partial charge in [-0.3, -0.25) is 9.48 Å². The van der Waals surface area contributed by atoms with Crippen molar-refractivity contribution in [3.8, 4) is 17.0 Å². The van der Waals surface area contributed by atoms with Crippen LogP contribution in [0.2, 0.25) is 0 Å². The molecule has 0 aliphatic carbocycles. The second kappa shape index (κ2) is 13.1. The molecule has 9 nitrogen and oxygen atoms in total. The monoisotopic (exact) mass is 565 g/mol. The summed E-state index contributed by atoms with van der Waals surface area (Å²) >= 11 is 0. The molecule has 0 radical (unpaired) electrons. The van der Waals surface area contributed by atoms with Crippen LogP contribution in [0, 0.1) is 0 Å². The molecule has 0 unspecified atom stereocenters. The third-order valence-electron chi connectivity index (χ3n) is 6.07. The quantitative estimate of drug-likeness (QED) is 0.162. The standard InChI is InChI=1S/C29H30F3N7O2/c1-4-20(9-8-19(2)3)17-33-28(40)26-18-39(38-36-26)14-6-5-7-23-15-22-16-25(34-27(22)37-35-23)21-10-12-24(13-11-21)41-29(30,31)32/h4,8-13,15-16,18H,2,5-7,14,17H2,1,3H3,(H,33,40)(H,34,37)/b9-8-,20-4+. The maximum absolute atomic E-state index is 12.4. The summed E-state index contributed by atoms with van der Waals surface area (Å²) in [6.45, 7) is 8.61. The smallest absolute Gasteiger partial charge is 0.406 e. The molecule has 0 aliphatic heterocycles. The van der Waals surface area contributed by atoms with E-state index >= 15 is 0 Å². The molecule has 12 heteroatoms. The number of nitrogens with one attached hydrogen (secondary N) is 2. The number of H-pyrrole nitrogens is 1. The molecule has 3 heterocycles. The lowest BCUT2D eigenvalue weighted by molar-refractivity contribution is -0.274. The van der Waals surface area contributed by atoms with E-state index in [4.69, 9.17) is 0 Å². The number of rotatable bonds is 12. The Morgan fingerprint density at radius 3 is 2.61 bits per heavy atom. The summed E-state index contributed by atoms with van der Waals surface area (Å²) in [5, 5.41) is 20.3. The third-order valence-corrected chi connectivity index (χ3v) is 6.07. The van der Waals surface area contributed by atoms with E-state index in [1.807, 2.05) is 44.2 Å². The highest BCUT2D eigenvalue weighted by molar-refractivity contribution is 5.92. The molecular formula is C29H30F3N7O2. The zero-order chi connectivity index (χ0) is 29.4. The number of hydrogen-bond acceptors (Lipinski definition) is 6. The van der Waals surface area contributed by atoms with Gasteiger partial charge in [0.05, 0.1) is 11.9 Å². The number of aromatic nitrogens is 6. The number of amides is 1. The van der Waals surface area contributed by atoms with Crippen LogP contribution in [-0.2, 0) is 13.0 Å². The van der Waals surface area contributed by atoms with Gasteiger partial charge in [0.15, 0.2) is 11.3 Å². The SMILES string of the molecule is C=C(C)/C=C\C(=C/C)CNC(=O)c1cn(CCCCc2cc3cc(-c4ccc(OC(F)(F)F)cc4)[nH]c3nn2)nn1. The minimum Gasteiger partial charge on any atom is -0.406 e. The first kappa shape index (κ1) is 29.2. The van der Waals surface area contributed by atoms with Gasteiger partial charge in [-0.1, -0.05) is 35.6 Å². The lowest BCUT2D eigenvalue weighted by atomic mass is 10.1. The zero-order valence-corrected chi connectivity index (χ0v) is 22.7. The van der Waals surface area contributed by atoms with Gasteiger partial charge in [-0.25, -0.2) is 0 Å². The number of fused-ring (bicyclic) bond motifs is 1. The topological polar surface area (TPSA) is 111 Å². The molecule has 4 rings (SSSR count). The molecule has 214 valence electrons. The normalized spacial score (nSPS) is 12.3. The third kappa shape index (κ3) is 8.62. The highest BCUT2D eigenvalue weighted by atomic mass is 19.4. The second-order valence-electron chi connectivity index (χ2n) is 9.44. The number of unbranched alkanes of at least 4 members (excludes halogenated alkanes) is 1. The summed E-state index contributed by atoms with van der Waals surface area (Å²) in [7, 11) is 0. The van der Waals surface area contributed by atoms with Gasteiger partial charge in [-0.05, 0) is 80.6 Å². The number of allylic oxidation sites excluding steroid dienone is 3. The van der Waals surface area contributed by atoms with Gasteiger partial charge in [0.25, 0.3) is 5.91 Å². The first-order valence-corrected chi connectivity index (χ1v) is 13.0. The molecule has 1 aromatic carbocycles. The van der Waals surface area contributed by atoms with E-state index in [0.717, 1.165) is 35.1 Å². The number of aryl methyl sites for hydroxylation is 2. The maximum Gasteiger partial charge on any atom is 0.573 e. The number of halogens is 3.